The molecule has 1 aromatic heterocycles. The molecule has 2 rings (SSSR count). The number of rotatable bonds is 7. The van der Waals surface area contributed by atoms with Crippen LogP contribution in [-0.2, 0) is 11.3 Å². The van der Waals surface area contributed by atoms with E-state index >= 15 is 0 Å². The summed E-state index contributed by atoms with van der Waals surface area (Å²) < 4.78 is 16.0. The summed E-state index contributed by atoms with van der Waals surface area (Å²) in [6.45, 7) is -0.405. The molecule has 2 aromatic rings. The van der Waals surface area contributed by atoms with Crippen molar-refractivity contribution in [3.05, 3.63) is 46.3 Å². The number of hydrogen-bond acceptors (Lipinski definition) is 5. The molecule has 0 saturated carbocycles. The van der Waals surface area contributed by atoms with Crippen LogP contribution >= 0.6 is 15.9 Å². The van der Waals surface area contributed by atoms with Gasteiger partial charge in [0.25, 0.3) is 5.91 Å². The molecule has 0 atom stereocenters. The Bertz CT molecular complexity index is 720. The number of methoxy groups -OCH3 is 2. The molecular weight excluding hydrogens is 382 g/mol. The van der Waals surface area contributed by atoms with Gasteiger partial charge in [0.1, 0.15) is 18.0 Å². The average Bonchev–Trinajstić information content (AvgIpc) is 2.98. The summed E-state index contributed by atoms with van der Waals surface area (Å²) in [4.78, 5) is 24.8. The number of carboxylic acids is 1. The number of furan rings is 1. The summed E-state index contributed by atoms with van der Waals surface area (Å²) in [6.07, 6.45) is 1.35. The monoisotopic (exact) mass is 397 g/mol. The second kappa shape index (κ2) is 7.87. The van der Waals surface area contributed by atoms with Crippen LogP contribution in [0.15, 0.2) is 39.4 Å². The number of nitrogens with zero attached hydrogens (tertiary/aromatic N) is 1. The van der Waals surface area contributed by atoms with Gasteiger partial charge in [-0.3, -0.25) is 9.59 Å². The standard InChI is InChI=1S/C16H16BrNO6/c1-22-11-5-10(6-12(7-11)23-2)8-18(9-14(19)20)16(21)15-13(17)3-4-24-15/h3-7H,8-9H2,1-2H3,(H,19,20). The second-order valence-electron chi connectivity index (χ2n) is 4.87. The van der Waals surface area contributed by atoms with Gasteiger partial charge in [0.15, 0.2) is 0 Å². The molecule has 1 aromatic carbocycles. The molecule has 1 N–H and O–H groups in total. The SMILES string of the molecule is COc1cc(CN(CC(=O)O)C(=O)c2occc2Br)cc(OC)c1. The Labute approximate surface area is 146 Å². The molecule has 0 bridgehead atoms. The Kier molecular flexibility index (Phi) is 5.86. The highest BCUT2D eigenvalue weighted by molar-refractivity contribution is 9.10. The Morgan fingerprint density at radius 2 is 1.83 bits per heavy atom. The number of hydrogen-bond donors (Lipinski definition) is 1. The van der Waals surface area contributed by atoms with E-state index in [0.29, 0.717) is 21.5 Å². The molecule has 128 valence electrons. The number of carbonyl (C=O) groups excluding carboxylic acids is 1. The van der Waals surface area contributed by atoms with E-state index in [2.05, 4.69) is 15.9 Å². The first-order valence-corrected chi connectivity index (χ1v) is 7.70. The van der Waals surface area contributed by atoms with Gasteiger partial charge in [-0.15, -0.1) is 0 Å². The van der Waals surface area contributed by atoms with Gasteiger partial charge in [-0.2, -0.15) is 0 Å². The molecule has 0 saturated heterocycles. The van der Waals surface area contributed by atoms with Crippen molar-refractivity contribution in [1.82, 2.24) is 4.90 Å². The number of aliphatic carboxylic acids is 1. The smallest absolute Gasteiger partial charge is 0.323 e. The number of amides is 1. The summed E-state index contributed by atoms with van der Waals surface area (Å²) >= 11 is 3.20. The van der Waals surface area contributed by atoms with Crippen LogP contribution in [0.25, 0.3) is 0 Å². The lowest BCUT2D eigenvalue weighted by molar-refractivity contribution is -0.137. The molecule has 0 fully saturated rings. The fourth-order valence-electron chi connectivity index (χ4n) is 2.13. The summed E-state index contributed by atoms with van der Waals surface area (Å²) in [6, 6.07) is 6.68. The van der Waals surface area contributed by atoms with Gasteiger partial charge >= 0.3 is 5.97 Å². The zero-order valence-electron chi connectivity index (χ0n) is 13.1. The first-order valence-electron chi connectivity index (χ1n) is 6.90. The normalized spacial score (nSPS) is 10.3. The van der Waals surface area contributed by atoms with Crippen molar-refractivity contribution in [2.75, 3.05) is 20.8 Å². The van der Waals surface area contributed by atoms with Crippen LogP contribution < -0.4 is 9.47 Å². The van der Waals surface area contributed by atoms with Crippen LogP contribution in [0.4, 0.5) is 0 Å². The first kappa shape index (κ1) is 17.9. The minimum atomic E-state index is -1.12. The third-order valence-electron chi connectivity index (χ3n) is 3.21. The first-order chi connectivity index (χ1) is 11.4. The number of benzene rings is 1. The lowest BCUT2D eigenvalue weighted by Gasteiger charge is -2.20. The molecule has 1 amide bonds. The van der Waals surface area contributed by atoms with Crippen molar-refractivity contribution < 1.29 is 28.6 Å². The molecule has 0 radical (unpaired) electrons. The van der Waals surface area contributed by atoms with Gasteiger partial charge in [0, 0.05) is 12.6 Å². The van der Waals surface area contributed by atoms with Crippen LogP contribution in [0.5, 0.6) is 11.5 Å². The Balaban J connectivity index is 2.31. The van der Waals surface area contributed by atoms with E-state index < -0.39 is 18.4 Å². The number of halogens is 1. The summed E-state index contributed by atoms with van der Waals surface area (Å²) in [7, 11) is 3.03. The predicted molar refractivity (Wildman–Crippen MR) is 88.3 cm³/mol. The Hall–Kier alpha value is -2.48. The van der Waals surface area contributed by atoms with Gasteiger partial charge in [0.05, 0.1) is 25.0 Å². The van der Waals surface area contributed by atoms with Crippen molar-refractivity contribution in [1.29, 1.82) is 0 Å². The Morgan fingerprint density at radius 1 is 1.21 bits per heavy atom. The maximum absolute atomic E-state index is 12.6. The number of carbonyl (C=O) groups is 2. The third kappa shape index (κ3) is 4.29. The molecule has 1 heterocycles. The highest BCUT2D eigenvalue weighted by Gasteiger charge is 2.24. The summed E-state index contributed by atoms with van der Waals surface area (Å²) in [5.41, 5.74) is 0.670. The quantitative estimate of drug-likeness (QED) is 0.772. The number of carboxylic acid groups (broad SMARTS) is 1. The summed E-state index contributed by atoms with van der Waals surface area (Å²) in [5, 5.41) is 9.09. The maximum atomic E-state index is 12.6. The lowest BCUT2D eigenvalue weighted by Crippen LogP contribution is -2.35. The van der Waals surface area contributed by atoms with E-state index in [9.17, 15) is 9.59 Å². The van der Waals surface area contributed by atoms with Crippen molar-refractivity contribution in [3.8, 4) is 11.5 Å². The molecule has 0 spiro atoms. The molecular formula is C16H16BrNO6. The lowest BCUT2D eigenvalue weighted by atomic mass is 10.1. The van der Waals surface area contributed by atoms with E-state index in [1.165, 1.54) is 25.4 Å². The van der Waals surface area contributed by atoms with Gasteiger partial charge in [-0.05, 0) is 39.7 Å². The average molecular weight is 398 g/mol. The molecule has 0 aliphatic heterocycles. The van der Waals surface area contributed by atoms with Gasteiger partial charge < -0.3 is 23.9 Å². The predicted octanol–water partition coefficient (Wildman–Crippen LogP) is 2.79. The highest BCUT2D eigenvalue weighted by Crippen LogP contribution is 2.25. The van der Waals surface area contributed by atoms with Crippen LogP contribution in [0, 0.1) is 0 Å². The third-order valence-corrected chi connectivity index (χ3v) is 3.83. The zero-order chi connectivity index (χ0) is 17.7. The van der Waals surface area contributed by atoms with Crippen molar-refractivity contribution >= 4 is 27.8 Å². The largest absolute Gasteiger partial charge is 0.497 e. The molecule has 0 aliphatic rings. The van der Waals surface area contributed by atoms with E-state index in [1.807, 2.05) is 0 Å². The minimum absolute atomic E-state index is 0.0473. The summed E-state index contributed by atoms with van der Waals surface area (Å²) in [5.74, 6) is -0.513. The fraction of sp³-hybridized carbons (Fsp3) is 0.250. The van der Waals surface area contributed by atoms with Crippen LogP contribution in [0.1, 0.15) is 16.1 Å². The van der Waals surface area contributed by atoms with E-state index in [4.69, 9.17) is 19.0 Å². The minimum Gasteiger partial charge on any atom is -0.497 e. The van der Waals surface area contributed by atoms with E-state index in [0.717, 1.165) is 0 Å². The molecule has 0 unspecified atom stereocenters. The number of ether oxygens (including phenoxy) is 2. The molecule has 24 heavy (non-hydrogen) atoms. The van der Waals surface area contributed by atoms with E-state index in [-0.39, 0.29) is 12.3 Å². The Morgan fingerprint density at radius 3 is 2.29 bits per heavy atom. The van der Waals surface area contributed by atoms with Crippen LogP contribution in [0.3, 0.4) is 0 Å². The maximum Gasteiger partial charge on any atom is 0.323 e. The molecule has 7 nitrogen and oxygen atoms in total. The van der Waals surface area contributed by atoms with Crippen LogP contribution in [0.2, 0.25) is 0 Å². The topological polar surface area (TPSA) is 89.2 Å². The van der Waals surface area contributed by atoms with E-state index in [1.54, 1.807) is 24.3 Å². The second-order valence-corrected chi connectivity index (χ2v) is 5.73. The van der Waals surface area contributed by atoms with Gasteiger partial charge in [0.2, 0.25) is 5.76 Å². The highest BCUT2D eigenvalue weighted by atomic mass is 79.9. The zero-order valence-corrected chi connectivity index (χ0v) is 14.7. The molecule has 8 heteroatoms. The van der Waals surface area contributed by atoms with Crippen molar-refractivity contribution in [3.63, 3.8) is 0 Å². The van der Waals surface area contributed by atoms with Crippen molar-refractivity contribution in [2.45, 2.75) is 6.54 Å². The molecule has 0 aliphatic carbocycles. The van der Waals surface area contributed by atoms with Gasteiger partial charge in [-0.25, -0.2) is 0 Å². The fourth-order valence-corrected chi connectivity index (χ4v) is 2.50. The van der Waals surface area contributed by atoms with Crippen molar-refractivity contribution in [2.24, 2.45) is 0 Å². The van der Waals surface area contributed by atoms with Crippen LogP contribution in [-0.4, -0.2) is 42.6 Å². The van der Waals surface area contributed by atoms with Gasteiger partial charge in [-0.1, -0.05) is 0 Å².